The van der Waals surface area contributed by atoms with Gasteiger partial charge in [-0.3, -0.25) is 9.59 Å². The molecule has 1 aliphatic heterocycles. The van der Waals surface area contributed by atoms with Crippen LogP contribution < -0.4 is 11.1 Å². The SMILES string of the molecule is CCN1CCC(CC(=O)NC)CC1=O.Nc1ccc(Cl)cc1. The predicted octanol–water partition coefficient (Wildman–Crippen LogP) is 2.30. The third-order valence-corrected chi connectivity index (χ3v) is 3.88. The van der Waals surface area contributed by atoms with Gasteiger partial charge in [-0.2, -0.15) is 0 Å². The van der Waals surface area contributed by atoms with Gasteiger partial charge in [-0.25, -0.2) is 0 Å². The van der Waals surface area contributed by atoms with Gasteiger partial charge in [0.15, 0.2) is 0 Å². The number of hydrogen-bond donors (Lipinski definition) is 2. The molecule has 1 unspecified atom stereocenters. The molecule has 2 rings (SSSR count). The largest absolute Gasteiger partial charge is 0.399 e. The van der Waals surface area contributed by atoms with Gasteiger partial charge < -0.3 is 16.0 Å². The Kier molecular flexibility index (Phi) is 7.74. The maximum absolute atomic E-state index is 11.5. The molecule has 1 saturated heterocycles. The molecule has 0 aliphatic carbocycles. The van der Waals surface area contributed by atoms with E-state index in [0.29, 0.717) is 12.8 Å². The van der Waals surface area contributed by atoms with Crippen LogP contribution in [0.1, 0.15) is 26.2 Å². The van der Waals surface area contributed by atoms with Crippen LogP contribution >= 0.6 is 11.6 Å². The molecule has 0 aromatic heterocycles. The molecule has 0 spiro atoms. The maximum Gasteiger partial charge on any atom is 0.222 e. The Bertz CT molecular complexity index is 470. The number of rotatable bonds is 3. The topological polar surface area (TPSA) is 75.4 Å². The van der Waals surface area contributed by atoms with Crippen LogP contribution in [0.25, 0.3) is 0 Å². The number of anilines is 1. The highest BCUT2D eigenvalue weighted by Crippen LogP contribution is 2.21. The number of nitrogen functional groups attached to an aromatic ring is 1. The van der Waals surface area contributed by atoms with E-state index in [1.165, 1.54) is 0 Å². The number of nitrogens with two attached hydrogens (primary N) is 1. The third kappa shape index (κ3) is 6.35. The van der Waals surface area contributed by atoms with Gasteiger partial charge in [0.1, 0.15) is 0 Å². The lowest BCUT2D eigenvalue weighted by molar-refractivity contribution is -0.135. The molecule has 0 saturated carbocycles. The van der Waals surface area contributed by atoms with Gasteiger partial charge in [0.2, 0.25) is 11.8 Å². The average molecular weight is 326 g/mol. The first-order valence-corrected chi connectivity index (χ1v) is 7.83. The molecule has 0 radical (unpaired) electrons. The zero-order chi connectivity index (χ0) is 16.5. The van der Waals surface area contributed by atoms with Crippen molar-refractivity contribution in [3.8, 4) is 0 Å². The minimum Gasteiger partial charge on any atom is -0.399 e. The van der Waals surface area contributed by atoms with E-state index in [1.807, 2.05) is 11.8 Å². The summed E-state index contributed by atoms with van der Waals surface area (Å²) in [5, 5.41) is 3.31. The summed E-state index contributed by atoms with van der Waals surface area (Å²) in [6.45, 7) is 3.57. The molecule has 1 aromatic carbocycles. The Morgan fingerprint density at radius 1 is 1.41 bits per heavy atom. The first-order valence-electron chi connectivity index (χ1n) is 7.45. The molecular formula is C16H24ClN3O2. The molecule has 1 atom stereocenters. The van der Waals surface area contributed by atoms with E-state index in [-0.39, 0.29) is 17.7 Å². The predicted molar refractivity (Wildman–Crippen MR) is 89.5 cm³/mol. The van der Waals surface area contributed by atoms with Gasteiger partial charge in [-0.05, 0) is 43.5 Å². The lowest BCUT2D eigenvalue weighted by Gasteiger charge is -2.30. The average Bonchev–Trinajstić information content (AvgIpc) is 2.51. The zero-order valence-electron chi connectivity index (χ0n) is 13.1. The van der Waals surface area contributed by atoms with Crippen molar-refractivity contribution in [1.82, 2.24) is 10.2 Å². The highest BCUT2D eigenvalue weighted by molar-refractivity contribution is 6.30. The van der Waals surface area contributed by atoms with Crippen LogP contribution in [0.2, 0.25) is 5.02 Å². The summed E-state index contributed by atoms with van der Waals surface area (Å²) in [6.07, 6.45) is 1.97. The van der Waals surface area contributed by atoms with E-state index in [4.69, 9.17) is 17.3 Å². The Morgan fingerprint density at radius 3 is 2.50 bits per heavy atom. The minimum atomic E-state index is 0.0350. The van der Waals surface area contributed by atoms with Crippen molar-refractivity contribution in [2.45, 2.75) is 26.2 Å². The van der Waals surface area contributed by atoms with Crippen LogP contribution in [0.3, 0.4) is 0 Å². The Balaban J connectivity index is 0.000000255. The fourth-order valence-electron chi connectivity index (χ4n) is 2.28. The van der Waals surface area contributed by atoms with Gasteiger partial charge >= 0.3 is 0 Å². The third-order valence-electron chi connectivity index (χ3n) is 3.63. The molecule has 3 N–H and O–H groups in total. The molecule has 122 valence electrons. The number of nitrogens with zero attached hydrogens (tertiary/aromatic N) is 1. The molecule has 22 heavy (non-hydrogen) atoms. The first-order chi connectivity index (χ1) is 10.5. The van der Waals surface area contributed by atoms with Crippen LogP contribution in [0, 0.1) is 5.92 Å². The summed E-state index contributed by atoms with van der Waals surface area (Å²) in [5.41, 5.74) is 6.11. The van der Waals surface area contributed by atoms with Crippen molar-refractivity contribution in [2.75, 3.05) is 25.9 Å². The number of likely N-dealkylation sites (tertiary alicyclic amines) is 1. The number of amides is 2. The van der Waals surface area contributed by atoms with E-state index >= 15 is 0 Å². The molecule has 1 aliphatic rings. The molecule has 0 bridgehead atoms. The molecule has 5 nitrogen and oxygen atoms in total. The van der Waals surface area contributed by atoms with Gasteiger partial charge in [-0.1, -0.05) is 11.6 Å². The monoisotopic (exact) mass is 325 g/mol. The van der Waals surface area contributed by atoms with Crippen molar-refractivity contribution in [2.24, 2.45) is 5.92 Å². The number of hydrogen-bond acceptors (Lipinski definition) is 3. The number of benzene rings is 1. The summed E-state index contributed by atoms with van der Waals surface area (Å²) in [7, 11) is 1.63. The Labute approximate surface area is 136 Å². The van der Waals surface area contributed by atoms with Crippen molar-refractivity contribution in [3.05, 3.63) is 29.3 Å². The zero-order valence-corrected chi connectivity index (χ0v) is 13.9. The van der Waals surface area contributed by atoms with Crippen LogP contribution in [0.5, 0.6) is 0 Å². The summed E-state index contributed by atoms with van der Waals surface area (Å²) in [4.78, 5) is 24.4. The Hall–Kier alpha value is -1.75. The van der Waals surface area contributed by atoms with Gasteiger partial charge in [-0.15, -0.1) is 0 Å². The molecule has 1 heterocycles. The highest BCUT2D eigenvalue weighted by atomic mass is 35.5. The van der Waals surface area contributed by atoms with Crippen LogP contribution in [0.15, 0.2) is 24.3 Å². The quantitative estimate of drug-likeness (QED) is 0.837. The lowest BCUT2D eigenvalue weighted by atomic mass is 9.93. The van der Waals surface area contributed by atoms with Gasteiger partial charge in [0.25, 0.3) is 0 Å². The number of piperidine rings is 1. The van der Waals surface area contributed by atoms with Crippen molar-refractivity contribution >= 4 is 29.1 Å². The van der Waals surface area contributed by atoms with E-state index in [1.54, 1.807) is 31.3 Å². The van der Waals surface area contributed by atoms with Gasteiger partial charge in [0.05, 0.1) is 0 Å². The van der Waals surface area contributed by atoms with Crippen molar-refractivity contribution in [3.63, 3.8) is 0 Å². The minimum absolute atomic E-state index is 0.0350. The number of nitrogens with one attached hydrogen (secondary N) is 1. The number of carbonyl (C=O) groups is 2. The van der Waals surface area contributed by atoms with Crippen molar-refractivity contribution in [1.29, 1.82) is 0 Å². The van der Waals surface area contributed by atoms with E-state index in [0.717, 1.165) is 30.2 Å². The van der Waals surface area contributed by atoms with Crippen LogP contribution in [-0.2, 0) is 9.59 Å². The van der Waals surface area contributed by atoms with Crippen LogP contribution in [0.4, 0.5) is 5.69 Å². The second-order valence-electron chi connectivity index (χ2n) is 5.26. The Morgan fingerprint density at radius 2 is 2.05 bits per heavy atom. The van der Waals surface area contributed by atoms with Crippen molar-refractivity contribution < 1.29 is 9.59 Å². The molecular weight excluding hydrogens is 302 g/mol. The summed E-state index contributed by atoms with van der Waals surface area (Å²) < 4.78 is 0. The summed E-state index contributed by atoms with van der Waals surface area (Å²) in [6, 6.07) is 7.05. The fraction of sp³-hybridized carbons (Fsp3) is 0.500. The molecule has 1 aromatic rings. The van der Waals surface area contributed by atoms with Crippen LogP contribution in [-0.4, -0.2) is 36.9 Å². The maximum atomic E-state index is 11.5. The fourth-order valence-corrected chi connectivity index (χ4v) is 2.40. The standard InChI is InChI=1S/C10H18N2O2.C6H6ClN/c1-3-12-5-4-8(7-10(12)14)6-9(13)11-2;7-5-1-3-6(8)4-2-5/h8H,3-7H2,1-2H3,(H,11,13);1-4H,8H2. The number of carbonyl (C=O) groups excluding carboxylic acids is 2. The van der Waals surface area contributed by atoms with Gasteiger partial charge in [0, 0.05) is 43.7 Å². The van der Waals surface area contributed by atoms with E-state index in [2.05, 4.69) is 5.32 Å². The highest BCUT2D eigenvalue weighted by Gasteiger charge is 2.25. The summed E-state index contributed by atoms with van der Waals surface area (Å²) >= 11 is 5.56. The number of halogens is 1. The molecule has 1 fully saturated rings. The first kappa shape index (κ1) is 18.3. The lowest BCUT2D eigenvalue weighted by Crippen LogP contribution is -2.39. The summed E-state index contributed by atoms with van der Waals surface area (Å²) in [5.74, 6) is 0.464. The molecule has 2 amide bonds. The second-order valence-corrected chi connectivity index (χ2v) is 5.70. The second kappa shape index (κ2) is 9.30. The molecule has 6 heteroatoms. The normalized spacial score (nSPS) is 17.5. The van der Waals surface area contributed by atoms with E-state index < -0.39 is 0 Å². The van der Waals surface area contributed by atoms with E-state index in [9.17, 15) is 9.59 Å². The smallest absolute Gasteiger partial charge is 0.222 e.